The highest BCUT2D eigenvalue weighted by atomic mass is 14.9. The molecule has 6 heterocycles. The van der Waals surface area contributed by atoms with Crippen LogP contribution in [0.2, 0.25) is 0 Å². The van der Waals surface area contributed by atoms with Crippen LogP contribution in [0.15, 0.2) is 97.1 Å². The van der Waals surface area contributed by atoms with Gasteiger partial charge in [0.05, 0.1) is 0 Å². The Kier molecular flexibility index (Phi) is 8.35. The molecule has 4 heteroatoms. The summed E-state index contributed by atoms with van der Waals surface area (Å²) >= 11 is 0. The molecule has 0 bridgehead atoms. The standard InChI is InChI=1S/C66H70B2N2/c1-61(2,3)35-19-21-41-45-23-37(63(7,8)9)27-49-51-29-39(65(13,14)15)25-47-43-33-44-48-26-40(66(16,17)18)30-52-50-28-38(64(10,11)12)24-46-42-22-20-36(62(4,5)6)32-54(42)68(70(58(46)50)60(48)52)56(44)34-55(43)67(53(41)31-35)69(57(45)49)59(47)51/h19-34H,1-18H3. The third-order valence-corrected chi connectivity index (χ3v) is 17.4. The molecule has 350 valence electrons. The van der Waals surface area contributed by atoms with E-state index in [4.69, 9.17) is 0 Å². The molecule has 2 aromatic heterocycles. The van der Waals surface area contributed by atoms with Crippen molar-refractivity contribution in [3.63, 3.8) is 0 Å². The van der Waals surface area contributed by atoms with Crippen molar-refractivity contribution in [2.45, 2.75) is 157 Å². The monoisotopic (exact) mass is 913 g/mol. The summed E-state index contributed by atoms with van der Waals surface area (Å²) in [6.07, 6.45) is 0. The van der Waals surface area contributed by atoms with E-state index < -0.39 is 0 Å². The molecule has 0 fully saturated rings. The zero-order chi connectivity index (χ0) is 49.6. The largest absolute Gasteiger partial charge is 0.375 e. The van der Waals surface area contributed by atoms with Crippen LogP contribution in [0.5, 0.6) is 0 Å². The first-order valence-corrected chi connectivity index (χ1v) is 26.3. The molecule has 0 saturated heterocycles. The second-order valence-corrected chi connectivity index (χ2v) is 28.4. The van der Waals surface area contributed by atoms with E-state index >= 15 is 0 Å². The summed E-state index contributed by atoms with van der Waals surface area (Å²) in [6, 6.07) is 41.0. The normalized spacial score (nSPS) is 14.9. The average Bonchev–Trinajstić information content (AvgIpc) is 3.78. The number of hydrogen-bond acceptors (Lipinski definition) is 0. The van der Waals surface area contributed by atoms with Crippen LogP contribution in [-0.4, -0.2) is 22.7 Å². The fourth-order valence-electron chi connectivity index (χ4n) is 13.1. The predicted molar refractivity (Wildman–Crippen MR) is 307 cm³/mol. The highest BCUT2D eigenvalue weighted by molar-refractivity contribution is 6.92. The van der Waals surface area contributed by atoms with Crippen LogP contribution in [0.3, 0.4) is 0 Å². The second kappa shape index (κ2) is 13.2. The van der Waals surface area contributed by atoms with E-state index in [2.05, 4.69) is 231 Å². The zero-order valence-corrected chi connectivity index (χ0v) is 45.3. The highest BCUT2D eigenvalue weighted by Gasteiger charge is 2.46. The van der Waals surface area contributed by atoms with Gasteiger partial charge in [0.2, 0.25) is 0 Å². The second-order valence-electron chi connectivity index (χ2n) is 28.4. The number of hydrogen-bond donors (Lipinski definition) is 0. The van der Waals surface area contributed by atoms with Crippen LogP contribution in [0.25, 0.3) is 88.1 Å². The fourth-order valence-corrected chi connectivity index (χ4v) is 13.1. The summed E-state index contributed by atoms with van der Waals surface area (Å²) < 4.78 is 5.63. The van der Waals surface area contributed by atoms with Gasteiger partial charge in [-0.1, -0.05) is 167 Å². The van der Waals surface area contributed by atoms with Gasteiger partial charge in [-0.25, -0.2) is 0 Å². The molecule has 4 aliphatic rings. The van der Waals surface area contributed by atoms with Gasteiger partial charge in [-0.15, -0.1) is 0 Å². The maximum Gasteiger partial charge on any atom is 0.329 e. The van der Waals surface area contributed by atoms with Crippen molar-refractivity contribution in [3.05, 3.63) is 130 Å². The number of fused-ring (bicyclic) bond motifs is 14. The van der Waals surface area contributed by atoms with E-state index in [1.807, 2.05) is 0 Å². The van der Waals surface area contributed by atoms with E-state index in [0.717, 1.165) is 0 Å². The molecule has 13 rings (SSSR count). The Balaban J connectivity index is 1.24. The number of aromatic nitrogens is 2. The van der Waals surface area contributed by atoms with E-state index in [9.17, 15) is 0 Å². The van der Waals surface area contributed by atoms with Crippen molar-refractivity contribution in [3.8, 4) is 44.5 Å². The Morgan fingerprint density at radius 3 is 0.771 bits per heavy atom. The molecule has 0 radical (unpaired) electrons. The first-order chi connectivity index (χ1) is 32.5. The van der Waals surface area contributed by atoms with Crippen LogP contribution in [-0.2, 0) is 32.5 Å². The molecule has 4 aliphatic heterocycles. The molecule has 0 spiro atoms. The van der Waals surface area contributed by atoms with Crippen molar-refractivity contribution in [1.82, 2.24) is 8.96 Å². The van der Waals surface area contributed by atoms with Gasteiger partial charge < -0.3 is 8.96 Å². The van der Waals surface area contributed by atoms with Crippen molar-refractivity contribution >= 4 is 79.2 Å². The van der Waals surface area contributed by atoms with Gasteiger partial charge >= 0.3 is 13.7 Å². The van der Waals surface area contributed by atoms with Crippen LogP contribution < -0.4 is 21.9 Å². The molecule has 0 unspecified atom stereocenters. The molecule has 7 aromatic carbocycles. The average molecular weight is 913 g/mol. The zero-order valence-electron chi connectivity index (χ0n) is 45.3. The molecule has 0 saturated carbocycles. The summed E-state index contributed by atoms with van der Waals surface area (Å²) in [4.78, 5) is 0. The van der Waals surface area contributed by atoms with Gasteiger partial charge in [0.25, 0.3) is 0 Å². The third-order valence-electron chi connectivity index (χ3n) is 17.4. The summed E-state index contributed by atoms with van der Waals surface area (Å²) in [5, 5.41) is 5.55. The molecular weight excluding hydrogens is 842 g/mol. The quantitative estimate of drug-likeness (QED) is 0.134. The van der Waals surface area contributed by atoms with Gasteiger partial charge in [0, 0.05) is 65.9 Å². The lowest BCUT2D eigenvalue weighted by molar-refractivity contribution is 0.590. The Hall–Kier alpha value is -5.73. The van der Waals surface area contributed by atoms with Gasteiger partial charge in [-0.3, -0.25) is 0 Å². The van der Waals surface area contributed by atoms with E-state index in [1.54, 1.807) is 0 Å². The third kappa shape index (κ3) is 5.83. The van der Waals surface area contributed by atoms with Gasteiger partial charge in [-0.2, -0.15) is 0 Å². The topological polar surface area (TPSA) is 9.86 Å². The molecular formula is C66H70B2N2. The summed E-state index contributed by atoms with van der Waals surface area (Å²) in [6.45, 7) is 42.9. The van der Waals surface area contributed by atoms with E-state index in [1.165, 1.54) is 143 Å². The van der Waals surface area contributed by atoms with E-state index in [-0.39, 0.29) is 46.2 Å². The van der Waals surface area contributed by atoms with Crippen LogP contribution in [0.1, 0.15) is 158 Å². The van der Waals surface area contributed by atoms with Crippen LogP contribution in [0, 0.1) is 0 Å². The lowest BCUT2D eigenvalue weighted by atomic mass is 9.40. The minimum absolute atomic E-state index is 0.00673. The Morgan fingerprint density at radius 2 is 0.500 bits per heavy atom. The highest BCUT2D eigenvalue weighted by Crippen LogP contribution is 2.52. The molecule has 0 amide bonds. The number of benzene rings is 7. The van der Waals surface area contributed by atoms with Gasteiger partial charge in [0.15, 0.2) is 0 Å². The lowest BCUT2D eigenvalue weighted by Gasteiger charge is -2.38. The van der Waals surface area contributed by atoms with Crippen molar-refractivity contribution < 1.29 is 0 Å². The fraction of sp³-hybridized carbons (Fsp3) is 0.364. The minimum Gasteiger partial charge on any atom is -0.375 e. The van der Waals surface area contributed by atoms with Gasteiger partial charge in [0.1, 0.15) is 0 Å². The van der Waals surface area contributed by atoms with Crippen LogP contribution in [0.4, 0.5) is 0 Å². The minimum atomic E-state index is -0.0477. The molecule has 0 aliphatic carbocycles. The molecule has 0 atom stereocenters. The maximum atomic E-state index is 2.81. The Labute approximate surface area is 418 Å². The molecule has 0 N–H and O–H groups in total. The van der Waals surface area contributed by atoms with Crippen molar-refractivity contribution in [2.24, 2.45) is 0 Å². The smallest absolute Gasteiger partial charge is 0.329 e. The SMILES string of the molecule is CC(C)(C)c1ccc2c(c1)B1c3cc4c(cc3-c3cc(C(C)(C)C)cc5c6cc(C(C)(C)C)cc-2c6n1c35)-c1cc(C(C)(C)C)cc2c3cc(C(C)(C)C)cc5c3n(c12)B4c1cc(C(C)(C)C)ccc1-5. The number of rotatable bonds is 0. The Bertz CT molecular complexity index is 3630. The molecule has 2 nitrogen and oxygen atoms in total. The summed E-state index contributed by atoms with van der Waals surface area (Å²) in [5.74, 6) is 0. The first-order valence-electron chi connectivity index (χ1n) is 26.3. The first kappa shape index (κ1) is 44.2. The van der Waals surface area contributed by atoms with Gasteiger partial charge in [-0.05, 0) is 165 Å². The van der Waals surface area contributed by atoms with Crippen molar-refractivity contribution in [2.75, 3.05) is 0 Å². The lowest BCUT2D eigenvalue weighted by Crippen LogP contribution is -2.58. The number of nitrogens with zero attached hydrogens (tertiary/aromatic N) is 2. The van der Waals surface area contributed by atoms with Crippen LogP contribution >= 0.6 is 0 Å². The van der Waals surface area contributed by atoms with E-state index in [0.29, 0.717) is 0 Å². The maximum absolute atomic E-state index is 2.81. The Morgan fingerprint density at radius 1 is 0.243 bits per heavy atom. The summed E-state index contributed by atoms with van der Waals surface area (Å²) in [7, 11) is 0. The predicted octanol–water partition coefficient (Wildman–Crippen LogP) is 14.9. The molecule has 70 heavy (non-hydrogen) atoms. The molecule has 9 aromatic rings. The summed E-state index contributed by atoms with van der Waals surface area (Å²) in [5.41, 5.74) is 30.4. The van der Waals surface area contributed by atoms with Crippen molar-refractivity contribution in [1.29, 1.82) is 0 Å².